The Morgan fingerprint density at radius 2 is 2.45 bits per heavy atom. The van der Waals surface area contributed by atoms with Crippen LogP contribution in [0.1, 0.15) is 26.2 Å². The molecule has 1 aliphatic heterocycles. The molecule has 3 heteroatoms. The quantitative estimate of drug-likeness (QED) is 0.597. The van der Waals surface area contributed by atoms with Crippen molar-refractivity contribution < 1.29 is 9.90 Å². The molecule has 11 heavy (non-hydrogen) atoms. The average Bonchev–Trinajstić information content (AvgIpc) is 2.13. The molecular weight excluding hydrogens is 142 g/mol. The van der Waals surface area contributed by atoms with Crippen LogP contribution in [0.3, 0.4) is 0 Å². The van der Waals surface area contributed by atoms with Crippen molar-refractivity contribution in [2.45, 2.75) is 32.3 Å². The van der Waals surface area contributed by atoms with Crippen molar-refractivity contribution in [3.8, 4) is 0 Å². The number of likely N-dealkylation sites (N-methyl/N-ethyl adjacent to an activating group) is 1. The summed E-state index contributed by atoms with van der Waals surface area (Å²) in [4.78, 5) is 12.9. The van der Waals surface area contributed by atoms with Crippen LogP contribution in [0.25, 0.3) is 0 Å². The van der Waals surface area contributed by atoms with Crippen LogP contribution in [0.4, 0.5) is 0 Å². The third-order valence-corrected chi connectivity index (χ3v) is 2.09. The normalized spacial score (nSPS) is 26.9. The Kier molecular flexibility index (Phi) is 2.88. The summed E-state index contributed by atoms with van der Waals surface area (Å²) in [7, 11) is 0. The van der Waals surface area contributed by atoms with Gasteiger partial charge in [-0.05, 0) is 19.8 Å². The summed E-state index contributed by atoms with van der Waals surface area (Å²) < 4.78 is 0. The van der Waals surface area contributed by atoms with Gasteiger partial charge in [-0.3, -0.25) is 4.79 Å². The van der Waals surface area contributed by atoms with Crippen LogP contribution in [0.5, 0.6) is 0 Å². The van der Waals surface area contributed by atoms with Crippen molar-refractivity contribution in [2.24, 2.45) is 0 Å². The fraction of sp³-hybridized carbons (Fsp3) is 0.875. The standard InChI is InChI=1S/C8H15NO2/c1-2-9-6-7(10)4-3-5-8(9)11/h7,10H,2-6H2,1H3. The summed E-state index contributed by atoms with van der Waals surface area (Å²) in [5, 5.41) is 9.31. The van der Waals surface area contributed by atoms with Gasteiger partial charge in [0.15, 0.2) is 0 Å². The molecule has 1 atom stereocenters. The molecule has 0 radical (unpaired) electrons. The maximum absolute atomic E-state index is 11.2. The van der Waals surface area contributed by atoms with Crippen LogP contribution < -0.4 is 0 Å². The maximum Gasteiger partial charge on any atom is 0.222 e. The first-order valence-electron chi connectivity index (χ1n) is 4.20. The summed E-state index contributed by atoms with van der Waals surface area (Å²) in [6.45, 7) is 3.18. The lowest BCUT2D eigenvalue weighted by atomic mass is 10.2. The molecule has 0 aromatic heterocycles. The number of aliphatic hydroxyl groups excluding tert-OH is 1. The number of rotatable bonds is 1. The van der Waals surface area contributed by atoms with Gasteiger partial charge in [-0.2, -0.15) is 0 Å². The van der Waals surface area contributed by atoms with E-state index in [2.05, 4.69) is 0 Å². The van der Waals surface area contributed by atoms with Crippen molar-refractivity contribution in [1.29, 1.82) is 0 Å². The highest BCUT2D eigenvalue weighted by Crippen LogP contribution is 2.10. The zero-order valence-corrected chi connectivity index (χ0v) is 6.92. The molecule has 1 saturated heterocycles. The first-order chi connectivity index (χ1) is 5.24. The van der Waals surface area contributed by atoms with Gasteiger partial charge in [-0.25, -0.2) is 0 Å². The SMILES string of the molecule is CCN1CC(O)CCCC1=O. The third kappa shape index (κ3) is 2.19. The van der Waals surface area contributed by atoms with E-state index in [0.717, 1.165) is 19.4 Å². The number of nitrogens with zero attached hydrogens (tertiary/aromatic N) is 1. The van der Waals surface area contributed by atoms with E-state index in [-0.39, 0.29) is 12.0 Å². The second kappa shape index (κ2) is 3.72. The van der Waals surface area contributed by atoms with Gasteiger partial charge in [0, 0.05) is 19.5 Å². The fourth-order valence-corrected chi connectivity index (χ4v) is 1.40. The summed E-state index contributed by atoms with van der Waals surface area (Å²) in [6, 6.07) is 0. The molecule has 3 nitrogen and oxygen atoms in total. The largest absolute Gasteiger partial charge is 0.391 e. The number of β-amino-alcohol motifs (C(OH)–C–C–N with tert-alkyl or cyclic N) is 1. The van der Waals surface area contributed by atoms with E-state index in [1.807, 2.05) is 6.92 Å². The molecule has 0 spiro atoms. The van der Waals surface area contributed by atoms with Crippen molar-refractivity contribution in [2.75, 3.05) is 13.1 Å². The van der Waals surface area contributed by atoms with Crippen LogP contribution in [0.2, 0.25) is 0 Å². The highest BCUT2D eigenvalue weighted by Gasteiger charge is 2.19. The van der Waals surface area contributed by atoms with Gasteiger partial charge in [0.2, 0.25) is 5.91 Å². The molecule has 1 unspecified atom stereocenters. The van der Waals surface area contributed by atoms with Crippen LogP contribution in [-0.2, 0) is 4.79 Å². The van der Waals surface area contributed by atoms with Gasteiger partial charge in [0.25, 0.3) is 0 Å². The highest BCUT2D eigenvalue weighted by molar-refractivity contribution is 5.76. The Hall–Kier alpha value is -0.570. The molecule has 0 aromatic carbocycles. The fourth-order valence-electron chi connectivity index (χ4n) is 1.40. The molecule has 1 fully saturated rings. The monoisotopic (exact) mass is 157 g/mol. The lowest BCUT2D eigenvalue weighted by Gasteiger charge is -2.19. The number of carbonyl (C=O) groups is 1. The molecule has 1 amide bonds. The van der Waals surface area contributed by atoms with Crippen LogP contribution >= 0.6 is 0 Å². The zero-order chi connectivity index (χ0) is 8.27. The van der Waals surface area contributed by atoms with Gasteiger partial charge in [0.1, 0.15) is 0 Å². The maximum atomic E-state index is 11.2. The topological polar surface area (TPSA) is 40.5 Å². The van der Waals surface area contributed by atoms with E-state index < -0.39 is 0 Å². The highest BCUT2D eigenvalue weighted by atomic mass is 16.3. The number of amides is 1. The minimum atomic E-state index is -0.304. The Morgan fingerprint density at radius 3 is 3.09 bits per heavy atom. The second-order valence-electron chi connectivity index (χ2n) is 2.98. The predicted octanol–water partition coefficient (Wildman–Crippen LogP) is 0.380. The molecule has 1 aliphatic rings. The molecule has 0 aliphatic carbocycles. The van der Waals surface area contributed by atoms with E-state index in [1.54, 1.807) is 4.90 Å². The van der Waals surface area contributed by atoms with E-state index in [1.165, 1.54) is 0 Å². The van der Waals surface area contributed by atoms with Crippen molar-refractivity contribution in [3.63, 3.8) is 0 Å². The summed E-state index contributed by atoms with van der Waals surface area (Å²) >= 11 is 0. The number of likely N-dealkylation sites (tertiary alicyclic amines) is 1. The molecule has 1 rings (SSSR count). The predicted molar refractivity (Wildman–Crippen MR) is 42.1 cm³/mol. The zero-order valence-electron chi connectivity index (χ0n) is 6.92. The van der Waals surface area contributed by atoms with Crippen molar-refractivity contribution in [1.82, 2.24) is 4.90 Å². The molecule has 0 aromatic rings. The third-order valence-electron chi connectivity index (χ3n) is 2.09. The number of carbonyl (C=O) groups excluding carboxylic acids is 1. The van der Waals surface area contributed by atoms with Gasteiger partial charge < -0.3 is 10.0 Å². The van der Waals surface area contributed by atoms with E-state index >= 15 is 0 Å². The van der Waals surface area contributed by atoms with E-state index in [4.69, 9.17) is 0 Å². The lowest BCUT2D eigenvalue weighted by molar-refractivity contribution is -0.131. The Morgan fingerprint density at radius 1 is 1.73 bits per heavy atom. The average molecular weight is 157 g/mol. The van der Waals surface area contributed by atoms with Gasteiger partial charge in [0.05, 0.1) is 6.10 Å². The Bertz CT molecular complexity index is 147. The molecule has 0 saturated carbocycles. The first-order valence-corrected chi connectivity index (χ1v) is 4.20. The van der Waals surface area contributed by atoms with Crippen molar-refractivity contribution in [3.05, 3.63) is 0 Å². The number of hydrogen-bond acceptors (Lipinski definition) is 2. The van der Waals surface area contributed by atoms with Crippen LogP contribution in [-0.4, -0.2) is 35.1 Å². The number of aliphatic hydroxyl groups is 1. The molecule has 64 valence electrons. The first kappa shape index (κ1) is 8.53. The molecular formula is C8H15NO2. The van der Waals surface area contributed by atoms with Gasteiger partial charge in [-0.1, -0.05) is 0 Å². The van der Waals surface area contributed by atoms with E-state index in [0.29, 0.717) is 13.0 Å². The Labute approximate surface area is 67.0 Å². The van der Waals surface area contributed by atoms with E-state index in [9.17, 15) is 9.90 Å². The number of hydrogen-bond donors (Lipinski definition) is 1. The van der Waals surface area contributed by atoms with Gasteiger partial charge >= 0.3 is 0 Å². The van der Waals surface area contributed by atoms with Crippen molar-refractivity contribution >= 4 is 5.91 Å². The van der Waals surface area contributed by atoms with Crippen LogP contribution in [0, 0.1) is 0 Å². The Balaban J connectivity index is 2.52. The minimum absolute atomic E-state index is 0.184. The second-order valence-corrected chi connectivity index (χ2v) is 2.98. The molecule has 1 heterocycles. The minimum Gasteiger partial charge on any atom is -0.391 e. The van der Waals surface area contributed by atoms with Crippen LogP contribution in [0.15, 0.2) is 0 Å². The lowest BCUT2D eigenvalue weighted by Crippen LogP contribution is -2.34. The molecule has 0 bridgehead atoms. The smallest absolute Gasteiger partial charge is 0.222 e. The van der Waals surface area contributed by atoms with Gasteiger partial charge in [-0.15, -0.1) is 0 Å². The summed E-state index contributed by atoms with van der Waals surface area (Å²) in [6.07, 6.45) is 1.89. The molecule has 1 N–H and O–H groups in total. The summed E-state index contributed by atoms with van der Waals surface area (Å²) in [5.74, 6) is 0.184. The summed E-state index contributed by atoms with van der Waals surface area (Å²) in [5.41, 5.74) is 0.